The average molecular weight is 327 g/mol. The van der Waals surface area contributed by atoms with Crippen LogP contribution in [0.15, 0.2) is 12.3 Å². The van der Waals surface area contributed by atoms with Crippen molar-refractivity contribution in [2.45, 2.75) is 32.7 Å². The van der Waals surface area contributed by atoms with E-state index >= 15 is 0 Å². The van der Waals surface area contributed by atoms with E-state index in [9.17, 15) is 9.59 Å². The van der Waals surface area contributed by atoms with Gasteiger partial charge in [0, 0.05) is 12.7 Å². The van der Waals surface area contributed by atoms with Crippen molar-refractivity contribution in [3.05, 3.63) is 22.8 Å². The summed E-state index contributed by atoms with van der Waals surface area (Å²) in [6.45, 7) is 4.92. The highest BCUT2D eigenvalue weighted by atomic mass is 35.5. The Labute approximate surface area is 134 Å². The van der Waals surface area contributed by atoms with Gasteiger partial charge in [0.1, 0.15) is 11.1 Å². The second kappa shape index (κ2) is 6.96. The van der Waals surface area contributed by atoms with Gasteiger partial charge in [-0.05, 0) is 24.8 Å². The van der Waals surface area contributed by atoms with Gasteiger partial charge in [0.25, 0.3) is 5.91 Å². The molecule has 0 bridgehead atoms. The molecule has 7 heteroatoms. The Morgan fingerprint density at radius 1 is 1.55 bits per heavy atom. The Balaban J connectivity index is 2.14. The molecule has 120 valence electrons. The normalized spacial score (nSPS) is 17.8. The lowest BCUT2D eigenvalue weighted by Crippen LogP contribution is -2.40. The number of halogens is 1. The molecule has 0 radical (unpaired) electrons. The summed E-state index contributed by atoms with van der Waals surface area (Å²) in [5.41, 5.74) is 0.273. The number of aromatic nitrogens is 1. The van der Waals surface area contributed by atoms with Gasteiger partial charge in [-0.25, -0.2) is 9.78 Å². The number of carbonyl (C=O) groups excluding carboxylic acids is 1. The number of hydrogen-bond donors (Lipinski definition) is 1. The summed E-state index contributed by atoms with van der Waals surface area (Å²) in [5.74, 6) is -0.736. The molecular formula is C15H19ClN2O4. The van der Waals surface area contributed by atoms with Crippen molar-refractivity contribution in [2.75, 3.05) is 13.2 Å². The molecule has 1 amide bonds. The molecule has 0 saturated carbocycles. The van der Waals surface area contributed by atoms with Crippen molar-refractivity contribution in [3.63, 3.8) is 0 Å². The number of carbonyl (C=O) groups is 2. The number of pyridine rings is 1. The lowest BCUT2D eigenvalue weighted by Gasteiger charge is -2.21. The highest BCUT2D eigenvalue weighted by molar-refractivity contribution is 6.32. The predicted molar refractivity (Wildman–Crippen MR) is 81.3 cm³/mol. The Morgan fingerprint density at radius 2 is 2.27 bits per heavy atom. The number of aliphatic carboxylic acids is 1. The fraction of sp³-hybridized carbons (Fsp3) is 0.533. The maximum Gasteiger partial charge on any atom is 0.326 e. The Kier molecular flexibility index (Phi) is 5.24. The van der Waals surface area contributed by atoms with Crippen molar-refractivity contribution < 1.29 is 19.4 Å². The van der Waals surface area contributed by atoms with E-state index in [2.05, 4.69) is 4.98 Å². The standard InChI is InChI=1S/C15H19ClN2O4/c1-9(2)8-22-13-11(16)6-10(7-17-13)14(19)18-5-3-4-12(18)15(20)21/h6-7,9,12H,3-5,8H2,1-2H3,(H,20,21)/t12-/m1/s1. The molecule has 1 N–H and O–H groups in total. The van der Waals surface area contributed by atoms with Crippen molar-refractivity contribution in [3.8, 4) is 5.88 Å². The van der Waals surface area contributed by atoms with Crippen LogP contribution < -0.4 is 4.74 Å². The molecule has 1 saturated heterocycles. The van der Waals surface area contributed by atoms with E-state index in [4.69, 9.17) is 21.4 Å². The molecule has 1 aromatic heterocycles. The van der Waals surface area contributed by atoms with Crippen molar-refractivity contribution in [1.82, 2.24) is 9.88 Å². The smallest absolute Gasteiger partial charge is 0.326 e. The van der Waals surface area contributed by atoms with E-state index < -0.39 is 12.0 Å². The fourth-order valence-electron chi connectivity index (χ4n) is 2.33. The molecule has 0 aromatic carbocycles. The van der Waals surface area contributed by atoms with Crippen LogP contribution >= 0.6 is 11.6 Å². The minimum absolute atomic E-state index is 0.248. The molecule has 1 aromatic rings. The van der Waals surface area contributed by atoms with Gasteiger partial charge in [-0.15, -0.1) is 0 Å². The highest BCUT2D eigenvalue weighted by Crippen LogP contribution is 2.26. The van der Waals surface area contributed by atoms with E-state index in [0.29, 0.717) is 31.9 Å². The minimum atomic E-state index is -0.984. The van der Waals surface area contributed by atoms with E-state index in [1.54, 1.807) is 0 Å². The zero-order valence-electron chi connectivity index (χ0n) is 12.6. The van der Waals surface area contributed by atoms with Gasteiger partial charge in [-0.2, -0.15) is 0 Å². The number of ether oxygens (including phenoxy) is 1. The SMILES string of the molecule is CC(C)COc1ncc(C(=O)N2CCC[C@@H]2C(=O)O)cc1Cl. The second-order valence-electron chi connectivity index (χ2n) is 5.71. The van der Waals surface area contributed by atoms with Crippen molar-refractivity contribution >= 4 is 23.5 Å². The predicted octanol–water partition coefficient (Wildman–Crippen LogP) is 2.46. The molecule has 1 fully saturated rings. The van der Waals surface area contributed by atoms with Crippen molar-refractivity contribution in [1.29, 1.82) is 0 Å². The van der Waals surface area contributed by atoms with E-state index in [-0.39, 0.29) is 22.4 Å². The molecule has 1 aliphatic rings. The maximum absolute atomic E-state index is 12.4. The van der Waals surface area contributed by atoms with Crippen LogP contribution in [-0.2, 0) is 4.79 Å². The molecule has 2 rings (SSSR count). The summed E-state index contributed by atoms with van der Waals surface area (Å²) in [5, 5.41) is 9.39. The lowest BCUT2D eigenvalue weighted by molar-refractivity contribution is -0.141. The first kappa shape index (κ1) is 16.5. The first-order chi connectivity index (χ1) is 10.4. The van der Waals surface area contributed by atoms with Crippen LogP contribution in [0.25, 0.3) is 0 Å². The van der Waals surface area contributed by atoms with E-state index in [1.807, 2.05) is 13.8 Å². The Bertz CT molecular complexity index is 577. The summed E-state index contributed by atoms with van der Waals surface area (Å²) in [4.78, 5) is 29.0. The average Bonchev–Trinajstić information content (AvgIpc) is 2.94. The summed E-state index contributed by atoms with van der Waals surface area (Å²) in [6.07, 6.45) is 2.53. The largest absolute Gasteiger partial charge is 0.480 e. The Morgan fingerprint density at radius 3 is 2.86 bits per heavy atom. The first-order valence-corrected chi connectivity index (χ1v) is 7.60. The molecule has 6 nitrogen and oxygen atoms in total. The first-order valence-electron chi connectivity index (χ1n) is 7.22. The monoisotopic (exact) mass is 326 g/mol. The van der Waals surface area contributed by atoms with Gasteiger partial charge in [-0.3, -0.25) is 4.79 Å². The van der Waals surface area contributed by atoms with Crippen LogP contribution in [-0.4, -0.2) is 46.1 Å². The number of hydrogen-bond acceptors (Lipinski definition) is 4. The molecule has 1 aliphatic heterocycles. The van der Waals surface area contributed by atoms with E-state index in [0.717, 1.165) is 0 Å². The van der Waals surface area contributed by atoms with Crippen LogP contribution in [0.1, 0.15) is 37.0 Å². The maximum atomic E-state index is 12.4. The molecule has 0 unspecified atom stereocenters. The third-order valence-electron chi connectivity index (χ3n) is 3.41. The number of likely N-dealkylation sites (tertiary alicyclic amines) is 1. The summed E-state index contributed by atoms with van der Waals surface area (Å²) < 4.78 is 5.46. The molecule has 1 atom stereocenters. The van der Waals surface area contributed by atoms with E-state index in [1.165, 1.54) is 17.2 Å². The topological polar surface area (TPSA) is 79.7 Å². The summed E-state index contributed by atoms with van der Waals surface area (Å²) in [7, 11) is 0. The zero-order valence-corrected chi connectivity index (χ0v) is 13.3. The number of amides is 1. The minimum Gasteiger partial charge on any atom is -0.480 e. The number of carboxylic acids is 1. The molecule has 2 heterocycles. The Hall–Kier alpha value is -1.82. The quantitative estimate of drug-likeness (QED) is 0.899. The molecule has 22 heavy (non-hydrogen) atoms. The van der Waals surface area contributed by atoms with Crippen LogP contribution in [0.5, 0.6) is 5.88 Å². The third-order valence-corrected chi connectivity index (χ3v) is 3.68. The highest BCUT2D eigenvalue weighted by Gasteiger charge is 2.34. The van der Waals surface area contributed by atoms with Gasteiger partial charge in [0.05, 0.1) is 12.2 Å². The number of carboxylic acid groups (broad SMARTS) is 1. The van der Waals surface area contributed by atoms with Crippen LogP contribution in [0.2, 0.25) is 5.02 Å². The second-order valence-corrected chi connectivity index (χ2v) is 6.12. The van der Waals surface area contributed by atoms with Gasteiger partial charge in [-0.1, -0.05) is 25.4 Å². The van der Waals surface area contributed by atoms with Gasteiger partial charge in [0.2, 0.25) is 5.88 Å². The van der Waals surface area contributed by atoms with Gasteiger partial charge < -0.3 is 14.7 Å². The summed E-state index contributed by atoms with van der Waals surface area (Å²) >= 11 is 6.09. The molecular weight excluding hydrogens is 308 g/mol. The van der Waals surface area contributed by atoms with Crippen LogP contribution in [0.3, 0.4) is 0 Å². The fourth-order valence-corrected chi connectivity index (χ4v) is 2.55. The van der Waals surface area contributed by atoms with Crippen LogP contribution in [0.4, 0.5) is 0 Å². The van der Waals surface area contributed by atoms with Crippen LogP contribution in [0, 0.1) is 5.92 Å². The number of rotatable bonds is 5. The van der Waals surface area contributed by atoms with Gasteiger partial charge >= 0.3 is 5.97 Å². The third kappa shape index (κ3) is 3.68. The molecule has 0 aliphatic carbocycles. The van der Waals surface area contributed by atoms with Gasteiger partial charge in [0.15, 0.2) is 0 Å². The number of nitrogens with zero attached hydrogens (tertiary/aromatic N) is 2. The van der Waals surface area contributed by atoms with Crippen molar-refractivity contribution in [2.24, 2.45) is 5.92 Å². The lowest BCUT2D eigenvalue weighted by atomic mass is 10.2. The zero-order chi connectivity index (χ0) is 16.3. The molecule has 0 spiro atoms. The summed E-state index contributed by atoms with van der Waals surface area (Å²) in [6, 6.07) is 0.701.